The summed E-state index contributed by atoms with van der Waals surface area (Å²) in [5.41, 5.74) is 1.39. The van der Waals surface area contributed by atoms with Crippen LogP contribution in [0, 0.1) is 13.8 Å². The number of amides is 1. The van der Waals surface area contributed by atoms with Gasteiger partial charge in [0, 0.05) is 22.8 Å². The van der Waals surface area contributed by atoms with E-state index in [0.717, 1.165) is 17.0 Å². The van der Waals surface area contributed by atoms with Crippen LogP contribution < -0.4 is 5.32 Å². The molecule has 0 bridgehead atoms. The third-order valence-electron chi connectivity index (χ3n) is 4.48. The Hall–Kier alpha value is -4.06. The zero-order valence-electron chi connectivity index (χ0n) is 17.9. The van der Waals surface area contributed by atoms with E-state index in [1.807, 2.05) is 0 Å². The summed E-state index contributed by atoms with van der Waals surface area (Å²) < 4.78 is 17.2. The molecule has 0 saturated heterocycles. The third kappa shape index (κ3) is 4.60. The fraction of sp³-hybridized carbons (Fsp3) is 0.238. The molecule has 0 unspecified atom stereocenters. The first kappa shape index (κ1) is 22.1. The van der Waals surface area contributed by atoms with Crippen molar-refractivity contribution in [1.29, 1.82) is 0 Å². The summed E-state index contributed by atoms with van der Waals surface area (Å²) in [6.45, 7) is 4.81. The highest BCUT2D eigenvalue weighted by atomic mass is 32.1. The second-order valence-corrected chi connectivity index (χ2v) is 7.72. The van der Waals surface area contributed by atoms with E-state index in [-0.39, 0.29) is 28.8 Å². The number of furan rings is 1. The van der Waals surface area contributed by atoms with Gasteiger partial charge in [-0.25, -0.2) is 19.1 Å². The van der Waals surface area contributed by atoms with Gasteiger partial charge in [0.05, 0.1) is 6.61 Å². The fourth-order valence-electron chi connectivity index (χ4n) is 2.97. The normalized spacial score (nSPS) is 10.9. The van der Waals surface area contributed by atoms with Crippen LogP contribution >= 0.6 is 11.3 Å². The van der Waals surface area contributed by atoms with E-state index in [4.69, 9.17) is 13.9 Å². The molecule has 0 spiro atoms. The first-order chi connectivity index (χ1) is 15.9. The number of anilines is 1. The maximum absolute atomic E-state index is 12.6. The summed E-state index contributed by atoms with van der Waals surface area (Å²) in [5, 5.41) is 8.57. The smallest absolute Gasteiger partial charge is 0.378 e. The number of aromatic nitrogens is 4. The van der Waals surface area contributed by atoms with E-state index in [0.29, 0.717) is 17.1 Å². The van der Waals surface area contributed by atoms with Crippen molar-refractivity contribution in [2.75, 3.05) is 18.5 Å². The predicted octanol–water partition coefficient (Wildman–Crippen LogP) is 3.03. The first-order valence-corrected chi connectivity index (χ1v) is 10.8. The van der Waals surface area contributed by atoms with Crippen LogP contribution in [0.1, 0.15) is 39.4 Å². The second-order valence-electron chi connectivity index (χ2n) is 6.84. The molecule has 0 aliphatic heterocycles. The van der Waals surface area contributed by atoms with Crippen molar-refractivity contribution in [3.05, 3.63) is 52.6 Å². The number of carbonyl (C=O) groups excluding carboxylic acids is 3. The van der Waals surface area contributed by atoms with Gasteiger partial charge in [0.25, 0.3) is 17.5 Å². The Bertz CT molecular complexity index is 1350. The molecule has 4 heterocycles. The summed E-state index contributed by atoms with van der Waals surface area (Å²) >= 11 is 1.13. The summed E-state index contributed by atoms with van der Waals surface area (Å²) in [5.74, 6) is -0.954. The highest BCUT2D eigenvalue weighted by Gasteiger charge is 2.25. The largest absolute Gasteiger partial charge is 0.462 e. The Balaban J connectivity index is 1.47. The maximum Gasteiger partial charge on any atom is 0.378 e. The third-order valence-corrected chi connectivity index (χ3v) is 5.37. The zero-order valence-corrected chi connectivity index (χ0v) is 18.8. The maximum atomic E-state index is 12.6. The van der Waals surface area contributed by atoms with Crippen molar-refractivity contribution in [2.45, 2.75) is 20.8 Å². The number of aryl methyl sites for hydroxylation is 2. The van der Waals surface area contributed by atoms with Gasteiger partial charge in [0.1, 0.15) is 22.1 Å². The van der Waals surface area contributed by atoms with Gasteiger partial charge in [0.2, 0.25) is 0 Å². The lowest BCUT2D eigenvalue weighted by Crippen LogP contribution is -2.22. The Labute approximate surface area is 191 Å². The van der Waals surface area contributed by atoms with Crippen LogP contribution in [-0.4, -0.2) is 50.6 Å². The van der Waals surface area contributed by atoms with E-state index in [2.05, 4.69) is 20.4 Å². The number of carbonyl (C=O) groups is 3. The topological polar surface area (TPSA) is 138 Å². The molecular formula is C21H19N5O6S. The molecule has 170 valence electrons. The van der Waals surface area contributed by atoms with Crippen LogP contribution in [0.2, 0.25) is 0 Å². The van der Waals surface area contributed by atoms with E-state index < -0.39 is 24.5 Å². The van der Waals surface area contributed by atoms with Gasteiger partial charge in [0.15, 0.2) is 6.61 Å². The average molecular weight is 469 g/mol. The minimum atomic E-state index is -0.876. The Morgan fingerprint density at radius 1 is 1.15 bits per heavy atom. The SMILES string of the molecule is CCOC(=O)c1c(-c2ccc(C)o2)csc1NC(=O)COC(=O)c1nc2nccc(C)n2n1. The number of rotatable bonds is 7. The van der Waals surface area contributed by atoms with Crippen molar-refractivity contribution in [3.63, 3.8) is 0 Å². The Morgan fingerprint density at radius 3 is 2.67 bits per heavy atom. The van der Waals surface area contributed by atoms with Crippen molar-refractivity contribution >= 4 is 40.0 Å². The number of nitrogens with one attached hydrogen (secondary N) is 1. The molecular weight excluding hydrogens is 450 g/mol. The minimum absolute atomic E-state index is 0.163. The molecule has 0 fully saturated rings. The van der Waals surface area contributed by atoms with Crippen LogP contribution in [0.4, 0.5) is 5.00 Å². The fourth-order valence-corrected chi connectivity index (χ4v) is 3.92. The van der Waals surface area contributed by atoms with Gasteiger partial charge in [-0.2, -0.15) is 4.98 Å². The van der Waals surface area contributed by atoms with Gasteiger partial charge < -0.3 is 19.2 Å². The molecule has 0 aliphatic carbocycles. The summed E-state index contributed by atoms with van der Waals surface area (Å²) in [4.78, 5) is 45.3. The standard InChI is InChI=1S/C21H19N5O6S/c1-4-30-19(28)16-13(14-6-5-12(3)32-14)10-33-18(16)23-15(27)9-31-20(29)17-24-21-22-8-7-11(2)26(21)25-17/h5-8,10H,4,9H2,1-3H3,(H,23,27). The molecule has 1 amide bonds. The second kappa shape index (κ2) is 9.20. The number of hydrogen-bond donors (Lipinski definition) is 1. The predicted molar refractivity (Wildman–Crippen MR) is 117 cm³/mol. The molecule has 4 aromatic rings. The van der Waals surface area contributed by atoms with Crippen molar-refractivity contribution < 1.29 is 28.3 Å². The lowest BCUT2D eigenvalue weighted by Gasteiger charge is -2.08. The van der Waals surface area contributed by atoms with Crippen molar-refractivity contribution in [2.24, 2.45) is 0 Å². The molecule has 0 radical (unpaired) electrons. The first-order valence-electron chi connectivity index (χ1n) is 9.88. The molecule has 33 heavy (non-hydrogen) atoms. The van der Waals surface area contributed by atoms with Crippen molar-refractivity contribution in [1.82, 2.24) is 19.6 Å². The van der Waals surface area contributed by atoms with Crippen LogP contribution in [-0.2, 0) is 14.3 Å². The molecule has 4 rings (SSSR count). The zero-order chi connectivity index (χ0) is 23.5. The van der Waals surface area contributed by atoms with Gasteiger partial charge in [-0.05, 0) is 39.0 Å². The summed E-state index contributed by atoms with van der Waals surface area (Å²) in [6, 6.07) is 5.21. The van der Waals surface area contributed by atoms with Crippen LogP contribution in [0.15, 0.2) is 34.2 Å². The number of thiophene rings is 1. The summed E-state index contributed by atoms with van der Waals surface area (Å²) in [7, 11) is 0. The van der Waals surface area contributed by atoms with Crippen LogP contribution in [0.3, 0.4) is 0 Å². The molecule has 0 atom stereocenters. The highest BCUT2D eigenvalue weighted by molar-refractivity contribution is 7.15. The van der Waals surface area contributed by atoms with E-state index in [1.54, 1.807) is 50.5 Å². The van der Waals surface area contributed by atoms with Gasteiger partial charge in [-0.1, -0.05) is 0 Å². The molecule has 11 nitrogen and oxygen atoms in total. The summed E-state index contributed by atoms with van der Waals surface area (Å²) in [6.07, 6.45) is 1.54. The number of ether oxygens (including phenoxy) is 2. The molecule has 4 aromatic heterocycles. The Morgan fingerprint density at radius 2 is 1.97 bits per heavy atom. The molecule has 1 N–H and O–H groups in total. The van der Waals surface area contributed by atoms with E-state index >= 15 is 0 Å². The lowest BCUT2D eigenvalue weighted by molar-refractivity contribution is -0.119. The van der Waals surface area contributed by atoms with Gasteiger partial charge >= 0.3 is 11.9 Å². The highest BCUT2D eigenvalue weighted by Crippen LogP contribution is 2.37. The van der Waals surface area contributed by atoms with Gasteiger partial charge in [-0.3, -0.25) is 4.79 Å². The molecule has 12 heteroatoms. The average Bonchev–Trinajstić information content (AvgIpc) is 3.50. The lowest BCUT2D eigenvalue weighted by atomic mass is 10.1. The van der Waals surface area contributed by atoms with E-state index in [9.17, 15) is 14.4 Å². The molecule has 0 aromatic carbocycles. The quantitative estimate of drug-likeness (QED) is 0.405. The van der Waals surface area contributed by atoms with Crippen molar-refractivity contribution in [3.8, 4) is 11.3 Å². The molecule has 0 saturated carbocycles. The minimum Gasteiger partial charge on any atom is -0.462 e. The monoisotopic (exact) mass is 469 g/mol. The van der Waals surface area contributed by atoms with Crippen LogP contribution in [0.25, 0.3) is 17.1 Å². The number of nitrogens with zero attached hydrogens (tertiary/aromatic N) is 4. The number of fused-ring (bicyclic) bond motifs is 1. The van der Waals surface area contributed by atoms with E-state index in [1.165, 1.54) is 4.52 Å². The molecule has 0 aliphatic rings. The van der Waals surface area contributed by atoms with Crippen LogP contribution in [0.5, 0.6) is 0 Å². The van der Waals surface area contributed by atoms with Gasteiger partial charge in [-0.15, -0.1) is 16.4 Å². The number of hydrogen-bond acceptors (Lipinski definition) is 10. The Kier molecular flexibility index (Phi) is 6.18. The number of esters is 2.